The SMILES string of the molecule is CC(C)CNC(=O)[C@H](C)Sc1ccc([N+](=O)[O-])cc1. The number of carbonyl (C=O) groups is 1. The summed E-state index contributed by atoms with van der Waals surface area (Å²) in [6, 6.07) is 6.21. The summed E-state index contributed by atoms with van der Waals surface area (Å²) in [6.45, 7) is 6.55. The molecule has 5 nitrogen and oxygen atoms in total. The largest absolute Gasteiger partial charge is 0.355 e. The Hall–Kier alpha value is -1.56. The highest BCUT2D eigenvalue weighted by Crippen LogP contribution is 2.25. The Morgan fingerprint density at radius 3 is 2.37 bits per heavy atom. The third-order valence-electron chi connectivity index (χ3n) is 2.41. The zero-order chi connectivity index (χ0) is 14.4. The maximum atomic E-state index is 11.8. The van der Waals surface area contributed by atoms with Crippen LogP contribution < -0.4 is 5.32 Å². The van der Waals surface area contributed by atoms with Gasteiger partial charge in [-0.05, 0) is 25.0 Å². The van der Waals surface area contributed by atoms with Gasteiger partial charge in [0.25, 0.3) is 5.69 Å². The second-order valence-corrected chi connectivity index (χ2v) is 6.06. The van der Waals surface area contributed by atoms with Crippen molar-refractivity contribution in [1.82, 2.24) is 5.32 Å². The molecule has 0 aliphatic rings. The summed E-state index contributed by atoms with van der Waals surface area (Å²) in [4.78, 5) is 22.7. The molecule has 0 bridgehead atoms. The highest BCUT2D eigenvalue weighted by molar-refractivity contribution is 8.00. The summed E-state index contributed by atoms with van der Waals surface area (Å²) in [5.74, 6) is 0.401. The Labute approximate surface area is 116 Å². The van der Waals surface area contributed by atoms with Crippen molar-refractivity contribution in [3.63, 3.8) is 0 Å². The van der Waals surface area contributed by atoms with E-state index in [-0.39, 0.29) is 16.8 Å². The normalized spacial score (nSPS) is 12.2. The van der Waals surface area contributed by atoms with Crippen LogP contribution in [-0.4, -0.2) is 22.6 Å². The van der Waals surface area contributed by atoms with Crippen molar-refractivity contribution in [3.8, 4) is 0 Å². The minimum atomic E-state index is -0.437. The highest BCUT2D eigenvalue weighted by Gasteiger charge is 2.15. The molecule has 0 heterocycles. The summed E-state index contributed by atoms with van der Waals surface area (Å²) in [7, 11) is 0. The lowest BCUT2D eigenvalue weighted by atomic mass is 10.2. The lowest BCUT2D eigenvalue weighted by molar-refractivity contribution is -0.384. The molecule has 1 atom stereocenters. The van der Waals surface area contributed by atoms with Gasteiger partial charge in [0.1, 0.15) is 0 Å². The van der Waals surface area contributed by atoms with Gasteiger partial charge in [-0.25, -0.2) is 0 Å². The molecular formula is C13H18N2O3S. The zero-order valence-electron chi connectivity index (χ0n) is 11.3. The molecule has 1 aromatic rings. The molecule has 0 unspecified atom stereocenters. The van der Waals surface area contributed by atoms with Gasteiger partial charge >= 0.3 is 0 Å². The fourth-order valence-electron chi connectivity index (χ4n) is 1.35. The highest BCUT2D eigenvalue weighted by atomic mass is 32.2. The van der Waals surface area contributed by atoms with Crippen LogP contribution in [-0.2, 0) is 4.79 Å². The number of amides is 1. The van der Waals surface area contributed by atoms with Crippen molar-refractivity contribution >= 4 is 23.4 Å². The van der Waals surface area contributed by atoms with Gasteiger partial charge in [-0.15, -0.1) is 11.8 Å². The fraction of sp³-hybridized carbons (Fsp3) is 0.462. The van der Waals surface area contributed by atoms with E-state index in [1.807, 2.05) is 20.8 Å². The minimum Gasteiger partial charge on any atom is -0.355 e. The first-order valence-corrected chi connectivity index (χ1v) is 6.97. The van der Waals surface area contributed by atoms with Crippen LogP contribution in [0.25, 0.3) is 0 Å². The Balaban J connectivity index is 2.54. The minimum absolute atomic E-state index is 0.0166. The Morgan fingerprint density at radius 2 is 1.89 bits per heavy atom. The van der Waals surface area contributed by atoms with E-state index in [0.717, 1.165) is 4.90 Å². The van der Waals surface area contributed by atoms with Crippen molar-refractivity contribution in [2.24, 2.45) is 5.92 Å². The van der Waals surface area contributed by atoms with E-state index < -0.39 is 4.92 Å². The second-order valence-electron chi connectivity index (χ2n) is 4.65. The van der Waals surface area contributed by atoms with Crippen LogP contribution in [0, 0.1) is 16.0 Å². The quantitative estimate of drug-likeness (QED) is 0.494. The van der Waals surface area contributed by atoms with Gasteiger partial charge in [-0.2, -0.15) is 0 Å². The van der Waals surface area contributed by atoms with E-state index in [9.17, 15) is 14.9 Å². The van der Waals surface area contributed by atoms with Crippen LogP contribution in [0.1, 0.15) is 20.8 Å². The van der Waals surface area contributed by atoms with Crippen molar-refractivity contribution in [2.45, 2.75) is 30.9 Å². The second kappa shape index (κ2) is 7.13. The Kier molecular flexibility index (Phi) is 5.82. The summed E-state index contributed by atoms with van der Waals surface area (Å²) in [5, 5.41) is 13.2. The number of carbonyl (C=O) groups excluding carboxylic acids is 1. The van der Waals surface area contributed by atoms with Crippen molar-refractivity contribution < 1.29 is 9.72 Å². The number of thioether (sulfide) groups is 1. The lowest BCUT2D eigenvalue weighted by Gasteiger charge is -2.13. The molecular weight excluding hydrogens is 264 g/mol. The average molecular weight is 282 g/mol. The van der Waals surface area contributed by atoms with E-state index in [2.05, 4.69) is 5.32 Å². The molecule has 0 saturated heterocycles. The molecule has 6 heteroatoms. The molecule has 19 heavy (non-hydrogen) atoms. The van der Waals surface area contributed by atoms with Crippen LogP contribution in [0.2, 0.25) is 0 Å². The number of benzene rings is 1. The Bertz CT molecular complexity index is 446. The van der Waals surface area contributed by atoms with Gasteiger partial charge in [0.15, 0.2) is 0 Å². The molecule has 0 saturated carbocycles. The number of nitrogens with one attached hydrogen (secondary N) is 1. The first-order chi connectivity index (χ1) is 8.90. The topological polar surface area (TPSA) is 72.2 Å². The van der Waals surface area contributed by atoms with Crippen LogP contribution in [0.4, 0.5) is 5.69 Å². The number of nitro benzene ring substituents is 1. The first-order valence-electron chi connectivity index (χ1n) is 6.09. The molecule has 0 radical (unpaired) electrons. The van der Waals surface area contributed by atoms with Gasteiger partial charge in [0, 0.05) is 23.6 Å². The summed E-state index contributed by atoms with van der Waals surface area (Å²) in [6.07, 6.45) is 0. The van der Waals surface area contributed by atoms with Gasteiger partial charge in [0.2, 0.25) is 5.91 Å². The number of nitro groups is 1. The van der Waals surface area contributed by atoms with Crippen LogP contribution in [0.5, 0.6) is 0 Å². The molecule has 1 rings (SSSR count). The van der Waals surface area contributed by atoms with Crippen molar-refractivity contribution in [3.05, 3.63) is 34.4 Å². The first kappa shape index (κ1) is 15.5. The van der Waals surface area contributed by atoms with E-state index in [1.165, 1.54) is 23.9 Å². The molecule has 0 fully saturated rings. The molecule has 0 aliphatic carbocycles. The van der Waals surface area contributed by atoms with Crippen LogP contribution >= 0.6 is 11.8 Å². The third-order valence-corrected chi connectivity index (χ3v) is 3.53. The number of non-ortho nitro benzene ring substituents is 1. The lowest BCUT2D eigenvalue weighted by Crippen LogP contribution is -2.33. The molecule has 1 N–H and O–H groups in total. The summed E-state index contributed by atoms with van der Waals surface area (Å²) in [5.41, 5.74) is 0.0567. The Morgan fingerprint density at radius 1 is 1.32 bits per heavy atom. The number of hydrogen-bond donors (Lipinski definition) is 1. The monoisotopic (exact) mass is 282 g/mol. The van der Waals surface area contributed by atoms with E-state index in [4.69, 9.17) is 0 Å². The van der Waals surface area contributed by atoms with Crippen molar-refractivity contribution in [2.75, 3.05) is 6.54 Å². The maximum Gasteiger partial charge on any atom is 0.269 e. The van der Waals surface area contributed by atoms with Gasteiger partial charge in [-0.3, -0.25) is 14.9 Å². The van der Waals surface area contributed by atoms with Gasteiger partial charge in [0.05, 0.1) is 10.2 Å². The smallest absolute Gasteiger partial charge is 0.269 e. The van der Waals surface area contributed by atoms with Crippen LogP contribution in [0.3, 0.4) is 0 Å². The summed E-state index contributed by atoms with van der Waals surface area (Å²) < 4.78 is 0. The number of rotatable bonds is 6. The predicted molar refractivity (Wildman–Crippen MR) is 76.3 cm³/mol. The molecule has 0 aromatic heterocycles. The number of nitrogens with zero attached hydrogens (tertiary/aromatic N) is 1. The molecule has 0 spiro atoms. The average Bonchev–Trinajstić information content (AvgIpc) is 2.36. The molecule has 1 amide bonds. The van der Waals surface area contributed by atoms with E-state index >= 15 is 0 Å². The standard InChI is InChI=1S/C13H18N2O3S/c1-9(2)8-14-13(16)10(3)19-12-6-4-11(5-7-12)15(17)18/h4-7,9-10H,8H2,1-3H3,(H,14,16)/t10-/m0/s1. The molecule has 104 valence electrons. The van der Waals surface area contributed by atoms with E-state index in [1.54, 1.807) is 12.1 Å². The fourth-order valence-corrected chi connectivity index (χ4v) is 2.24. The molecule has 0 aliphatic heterocycles. The van der Waals surface area contributed by atoms with Gasteiger partial charge < -0.3 is 5.32 Å². The zero-order valence-corrected chi connectivity index (χ0v) is 12.1. The predicted octanol–water partition coefficient (Wildman–Crippen LogP) is 2.85. The van der Waals surface area contributed by atoms with Crippen molar-refractivity contribution in [1.29, 1.82) is 0 Å². The van der Waals surface area contributed by atoms with Crippen LogP contribution in [0.15, 0.2) is 29.2 Å². The third kappa shape index (κ3) is 5.30. The van der Waals surface area contributed by atoms with E-state index in [0.29, 0.717) is 12.5 Å². The number of hydrogen-bond acceptors (Lipinski definition) is 4. The summed E-state index contributed by atoms with van der Waals surface area (Å²) >= 11 is 1.39. The molecule has 1 aromatic carbocycles. The maximum absolute atomic E-state index is 11.8. The van der Waals surface area contributed by atoms with Gasteiger partial charge in [-0.1, -0.05) is 13.8 Å².